The van der Waals surface area contributed by atoms with E-state index >= 15 is 0 Å². The van der Waals surface area contributed by atoms with Crippen molar-refractivity contribution in [1.29, 1.82) is 5.26 Å². The summed E-state index contributed by atoms with van der Waals surface area (Å²) in [4.78, 5) is 13.6. The minimum Gasteiger partial charge on any atom is -0.398 e. The van der Waals surface area contributed by atoms with E-state index in [1.807, 2.05) is 13.0 Å². The number of nitrogens with zero attached hydrogens (tertiary/aromatic N) is 1. The minimum atomic E-state index is -0.257. The van der Waals surface area contributed by atoms with Crippen molar-refractivity contribution in [1.82, 2.24) is 0 Å². The van der Waals surface area contributed by atoms with Crippen molar-refractivity contribution in [3.05, 3.63) is 45.3 Å². The minimum absolute atomic E-state index is 0.257. The number of hydrogen-bond donors (Lipinski definition) is 2. The summed E-state index contributed by atoms with van der Waals surface area (Å²) in [5, 5.41) is 12.8. The van der Waals surface area contributed by atoms with Gasteiger partial charge in [0.05, 0.1) is 11.1 Å². The zero-order valence-electron chi connectivity index (χ0n) is 11.7. The molecule has 1 aromatic heterocycles. The highest BCUT2D eigenvalue weighted by atomic mass is 32.1. The predicted molar refractivity (Wildman–Crippen MR) is 84.6 cm³/mol. The molecule has 0 unspecified atom stereocenters. The summed E-state index contributed by atoms with van der Waals surface area (Å²) in [5.74, 6) is -0.257. The van der Waals surface area contributed by atoms with Crippen LogP contribution in [0.4, 0.5) is 10.7 Å². The van der Waals surface area contributed by atoms with Crippen LogP contribution < -0.4 is 11.1 Å². The first kappa shape index (κ1) is 13.7. The van der Waals surface area contributed by atoms with Crippen molar-refractivity contribution in [3.8, 4) is 6.07 Å². The normalized spacial score (nSPS) is 12.8. The number of hydrogen-bond acceptors (Lipinski definition) is 4. The highest BCUT2D eigenvalue weighted by Crippen LogP contribution is 2.38. The van der Waals surface area contributed by atoms with Crippen LogP contribution in [0.5, 0.6) is 0 Å². The van der Waals surface area contributed by atoms with E-state index in [0.29, 0.717) is 21.8 Å². The van der Waals surface area contributed by atoms with Gasteiger partial charge in [-0.2, -0.15) is 5.26 Å². The van der Waals surface area contributed by atoms with Crippen LogP contribution in [0.1, 0.15) is 38.3 Å². The van der Waals surface area contributed by atoms with Crippen LogP contribution in [0, 0.1) is 18.3 Å². The molecule has 3 rings (SSSR count). The summed E-state index contributed by atoms with van der Waals surface area (Å²) in [6.07, 6.45) is 3.02. The monoisotopic (exact) mass is 297 g/mol. The zero-order valence-corrected chi connectivity index (χ0v) is 12.5. The molecule has 4 nitrogen and oxygen atoms in total. The molecular weight excluding hydrogens is 282 g/mol. The average Bonchev–Trinajstić information content (AvgIpc) is 3.01. The third-order valence-electron chi connectivity index (χ3n) is 3.71. The predicted octanol–water partition coefficient (Wildman–Crippen LogP) is 3.25. The van der Waals surface area contributed by atoms with Gasteiger partial charge in [-0.3, -0.25) is 4.79 Å². The van der Waals surface area contributed by atoms with E-state index in [9.17, 15) is 10.1 Å². The van der Waals surface area contributed by atoms with Crippen molar-refractivity contribution < 1.29 is 4.79 Å². The van der Waals surface area contributed by atoms with E-state index in [1.165, 1.54) is 16.2 Å². The van der Waals surface area contributed by atoms with E-state index in [2.05, 4.69) is 11.4 Å². The Kier molecular flexibility index (Phi) is 3.40. The molecule has 0 atom stereocenters. The molecule has 21 heavy (non-hydrogen) atoms. The fourth-order valence-electron chi connectivity index (χ4n) is 2.65. The van der Waals surface area contributed by atoms with Gasteiger partial charge in [0.1, 0.15) is 11.1 Å². The van der Waals surface area contributed by atoms with E-state index in [0.717, 1.165) is 30.4 Å². The second-order valence-corrected chi connectivity index (χ2v) is 6.32. The van der Waals surface area contributed by atoms with Crippen molar-refractivity contribution in [2.45, 2.75) is 26.2 Å². The molecule has 0 bridgehead atoms. The van der Waals surface area contributed by atoms with Gasteiger partial charge in [0.15, 0.2) is 0 Å². The van der Waals surface area contributed by atoms with Crippen LogP contribution in [0.2, 0.25) is 0 Å². The largest absolute Gasteiger partial charge is 0.398 e. The van der Waals surface area contributed by atoms with Gasteiger partial charge in [-0.15, -0.1) is 11.3 Å². The number of thiophene rings is 1. The SMILES string of the molecule is Cc1ccc(N)c(C(=O)Nc2sc3c(c2C#N)CCC3)c1. The molecule has 0 saturated heterocycles. The Morgan fingerprint density at radius 1 is 1.43 bits per heavy atom. The molecule has 0 radical (unpaired) electrons. The van der Waals surface area contributed by atoms with E-state index < -0.39 is 0 Å². The van der Waals surface area contributed by atoms with Crippen LogP contribution >= 0.6 is 11.3 Å². The van der Waals surface area contributed by atoms with Gasteiger partial charge >= 0.3 is 0 Å². The van der Waals surface area contributed by atoms with Crippen LogP contribution in [0.3, 0.4) is 0 Å². The van der Waals surface area contributed by atoms with Gasteiger partial charge in [-0.1, -0.05) is 11.6 Å². The first-order valence-corrected chi connectivity index (χ1v) is 7.64. The van der Waals surface area contributed by atoms with Gasteiger partial charge in [-0.25, -0.2) is 0 Å². The van der Waals surface area contributed by atoms with Gasteiger partial charge in [0, 0.05) is 10.6 Å². The molecule has 1 amide bonds. The molecule has 2 aromatic rings. The Morgan fingerprint density at radius 3 is 3.00 bits per heavy atom. The lowest BCUT2D eigenvalue weighted by Crippen LogP contribution is -2.14. The zero-order chi connectivity index (χ0) is 15.0. The van der Waals surface area contributed by atoms with E-state index in [4.69, 9.17) is 5.73 Å². The highest BCUT2D eigenvalue weighted by molar-refractivity contribution is 7.16. The summed E-state index contributed by atoms with van der Waals surface area (Å²) in [5.41, 5.74) is 9.46. The lowest BCUT2D eigenvalue weighted by molar-refractivity contribution is 0.102. The fraction of sp³-hybridized carbons (Fsp3) is 0.250. The van der Waals surface area contributed by atoms with Crippen LogP contribution in [0.15, 0.2) is 18.2 Å². The van der Waals surface area contributed by atoms with Crippen LogP contribution in [-0.4, -0.2) is 5.91 Å². The Morgan fingerprint density at radius 2 is 2.24 bits per heavy atom. The maximum atomic E-state index is 12.4. The smallest absolute Gasteiger partial charge is 0.258 e. The standard InChI is InChI=1S/C16H15N3OS/c1-9-5-6-13(18)11(7-9)15(20)19-16-12(8-17)10-3-2-4-14(10)21-16/h5-7H,2-4,18H2,1H3,(H,19,20). The van der Waals surface area contributed by atoms with Gasteiger partial charge in [-0.05, 0) is 43.9 Å². The molecule has 0 aliphatic heterocycles. The number of fused-ring (bicyclic) bond motifs is 1. The molecule has 1 heterocycles. The van der Waals surface area contributed by atoms with Crippen molar-refractivity contribution >= 4 is 27.9 Å². The molecule has 1 aliphatic carbocycles. The highest BCUT2D eigenvalue weighted by Gasteiger charge is 2.23. The lowest BCUT2D eigenvalue weighted by Gasteiger charge is -2.07. The molecule has 0 saturated carbocycles. The van der Waals surface area contributed by atoms with Crippen molar-refractivity contribution in [3.63, 3.8) is 0 Å². The Balaban J connectivity index is 1.92. The summed E-state index contributed by atoms with van der Waals surface area (Å²) < 4.78 is 0. The third kappa shape index (κ3) is 2.39. The Labute approximate surface area is 127 Å². The molecule has 3 N–H and O–H groups in total. The topological polar surface area (TPSA) is 78.9 Å². The number of benzene rings is 1. The number of nitrogens with one attached hydrogen (secondary N) is 1. The number of carbonyl (C=O) groups excluding carboxylic acids is 1. The number of nitrogen functional groups attached to an aromatic ring is 1. The summed E-state index contributed by atoms with van der Waals surface area (Å²) in [6.45, 7) is 1.91. The molecule has 1 aromatic carbocycles. The second-order valence-electron chi connectivity index (χ2n) is 5.22. The number of nitrogens with two attached hydrogens (primary N) is 1. The van der Waals surface area contributed by atoms with Crippen LogP contribution in [0.25, 0.3) is 0 Å². The quantitative estimate of drug-likeness (QED) is 0.835. The van der Waals surface area contributed by atoms with Gasteiger partial charge in [0.2, 0.25) is 0 Å². The number of aryl methyl sites for hydroxylation is 2. The third-order valence-corrected chi connectivity index (χ3v) is 4.92. The van der Waals surface area contributed by atoms with Crippen molar-refractivity contribution in [2.24, 2.45) is 0 Å². The van der Waals surface area contributed by atoms with Gasteiger partial charge in [0.25, 0.3) is 5.91 Å². The summed E-state index contributed by atoms with van der Waals surface area (Å²) in [6, 6.07) is 7.58. The molecule has 1 aliphatic rings. The number of amides is 1. The molecular formula is C16H15N3OS. The number of nitriles is 1. The molecule has 0 spiro atoms. The maximum Gasteiger partial charge on any atom is 0.258 e. The maximum absolute atomic E-state index is 12.4. The average molecular weight is 297 g/mol. The lowest BCUT2D eigenvalue weighted by atomic mass is 10.1. The summed E-state index contributed by atoms with van der Waals surface area (Å²) >= 11 is 1.51. The Hall–Kier alpha value is -2.32. The molecule has 0 fully saturated rings. The van der Waals surface area contributed by atoms with E-state index in [-0.39, 0.29) is 5.91 Å². The second kappa shape index (κ2) is 5.23. The fourth-order valence-corrected chi connectivity index (χ4v) is 3.88. The number of carbonyl (C=O) groups is 1. The Bertz CT molecular complexity index is 771. The molecule has 5 heteroatoms. The van der Waals surface area contributed by atoms with E-state index in [1.54, 1.807) is 12.1 Å². The number of rotatable bonds is 2. The first-order chi connectivity index (χ1) is 10.1. The van der Waals surface area contributed by atoms with Gasteiger partial charge < -0.3 is 11.1 Å². The summed E-state index contributed by atoms with van der Waals surface area (Å²) in [7, 11) is 0. The van der Waals surface area contributed by atoms with Crippen LogP contribution in [-0.2, 0) is 12.8 Å². The molecule has 106 valence electrons. The van der Waals surface area contributed by atoms with Crippen molar-refractivity contribution in [2.75, 3.05) is 11.1 Å². The first-order valence-electron chi connectivity index (χ1n) is 6.82. The number of anilines is 2.